The van der Waals surface area contributed by atoms with Gasteiger partial charge in [0.25, 0.3) is 11.8 Å². The lowest BCUT2D eigenvalue weighted by Gasteiger charge is -2.10. The van der Waals surface area contributed by atoms with Crippen molar-refractivity contribution < 1.29 is 28.7 Å². The number of benzene rings is 3. The third-order valence-corrected chi connectivity index (χ3v) is 5.40. The van der Waals surface area contributed by atoms with E-state index in [1.54, 1.807) is 54.6 Å². The second-order valence-corrected chi connectivity index (χ2v) is 8.18. The fourth-order valence-electron chi connectivity index (χ4n) is 3.45. The Labute approximate surface area is 209 Å². The largest absolute Gasteiger partial charge is 0.495 e. The molecule has 0 radical (unpaired) electrons. The number of ether oxygens (including phenoxy) is 2. The summed E-state index contributed by atoms with van der Waals surface area (Å²) in [7, 11) is 1.52. The van der Waals surface area contributed by atoms with E-state index in [-0.39, 0.29) is 24.5 Å². The van der Waals surface area contributed by atoms with Crippen LogP contribution in [0.3, 0.4) is 0 Å². The Hall–Kier alpha value is -4.46. The predicted octanol–water partition coefficient (Wildman–Crippen LogP) is 4.71. The van der Waals surface area contributed by atoms with Crippen LogP contribution >= 0.6 is 0 Å². The van der Waals surface area contributed by atoms with Crippen LogP contribution in [-0.2, 0) is 14.3 Å². The van der Waals surface area contributed by atoms with Gasteiger partial charge in [0.1, 0.15) is 5.75 Å². The highest BCUT2D eigenvalue weighted by Gasteiger charge is 2.14. The Morgan fingerprint density at radius 2 is 1.56 bits per heavy atom. The third-order valence-electron chi connectivity index (χ3n) is 5.40. The molecule has 0 aliphatic carbocycles. The Bertz CT molecular complexity index is 1270. The van der Waals surface area contributed by atoms with E-state index in [0.29, 0.717) is 28.3 Å². The van der Waals surface area contributed by atoms with Crippen molar-refractivity contribution in [1.82, 2.24) is 0 Å². The Kier molecular flexibility index (Phi) is 8.94. The maximum absolute atomic E-state index is 12.5. The molecule has 2 N–H and O–H groups in total. The van der Waals surface area contributed by atoms with Crippen LogP contribution in [-0.4, -0.2) is 37.3 Å². The standard InChI is InChI=1S/C28H28N2O6/c1-18-8-9-19(2)22(16-18)24(31)14-15-27(33)36-17-26(32)29-21-12-10-20(11-13-21)28(34)30-23-6-4-5-7-25(23)35-3/h4-13,16H,14-15,17H2,1-3H3,(H,29,32)(H,30,34). The maximum atomic E-state index is 12.5. The summed E-state index contributed by atoms with van der Waals surface area (Å²) in [4.78, 5) is 49.0. The first-order valence-electron chi connectivity index (χ1n) is 11.4. The summed E-state index contributed by atoms with van der Waals surface area (Å²) in [5.41, 5.74) is 3.77. The molecule has 0 aromatic heterocycles. The molecule has 0 aliphatic rings. The predicted molar refractivity (Wildman–Crippen MR) is 136 cm³/mol. The zero-order valence-electron chi connectivity index (χ0n) is 20.4. The molecule has 0 aliphatic heterocycles. The van der Waals surface area contributed by atoms with Crippen LogP contribution in [0.4, 0.5) is 11.4 Å². The Morgan fingerprint density at radius 3 is 2.28 bits per heavy atom. The van der Waals surface area contributed by atoms with Gasteiger partial charge < -0.3 is 20.1 Å². The summed E-state index contributed by atoms with van der Waals surface area (Å²) in [6, 6.07) is 18.9. The van der Waals surface area contributed by atoms with Crippen molar-refractivity contribution in [3.05, 3.63) is 89.0 Å². The number of carbonyl (C=O) groups excluding carboxylic acids is 4. The molecule has 3 aromatic carbocycles. The van der Waals surface area contributed by atoms with Crippen LogP contribution in [0, 0.1) is 13.8 Å². The van der Waals surface area contributed by atoms with Gasteiger partial charge in [-0.05, 0) is 61.9 Å². The highest BCUT2D eigenvalue weighted by atomic mass is 16.5. The monoisotopic (exact) mass is 488 g/mol. The minimum absolute atomic E-state index is 0.00310. The van der Waals surface area contributed by atoms with Gasteiger partial charge in [0.05, 0.1) is 19.2 Å². The van der Waals surface area contributed by atoms with Gasteiger partial charge in [-0.25, -0.2) is 0 Å². The maximum Gasteiger partial charge on any atom is 0.306 e. The third kappa shape index (κ3) is 7.27. The van der Waals surface area contributed by atoms with Gasteiger partial charge in [0.2, 0.25) is 0 Å². The summed E-state index contributed by atoms with van der Waals surface area (Å²) in [5.74, 6) is -1.10. The van der Waals surface area contributed by atoms with Crippen LogP contribution in [0.5, 0.6) is 5.75 Å². The summed E-state index contributed by atoms with van der Waals surface area (Å²) in [6.07, 6.45) is -0.112. The molecule has 0 fully saturated rings. The summed E-state index contributed by atoms with van der Waals surface area (Å²) in [5, 5.41) is 5.37. The lowest BCUT2D eigenvalue weighted by Crippen LogP contribution is -2.21. The summed E-state index contributed by atoms with van der Waals surface area (Å²) >= 11 is 0. The van der Waals surface area contributed by atoms with E-state index in [0.717, 1.165) is 11.1 Å². The highest BCUT2D eigenvalue weighted by molar-refractivity contribution is 6.05. The number of para-hydroxylation sites is 2. The number of nitrogens with one attached hydrogen (secondary N) is 2. The molecule has 8 heteroatoms. The molecule has 8 nitrogen and oxygen atoms in total. The van der Waals surface area contributed by atoms with Gasteiger partial charge in [-0.1, -0.05) is 29.8 Å². The first kappa shape index (κ1) is 26.2. The van der Waals surface area contributed by atoms with Crippen molar-refractivity contribution in [2.24, 2.45) is 0 Å². The summed E-state index contributed by atoms with van der Waals surface area (Å²) in [6.45, 7) is 3.26. The SMILES string of the molecule is COc1ccccc1NC(=O)c1ccc(NC(=O)COC(=O)CCC(=O)c2cc(C)ccc2C)cc1. The van der Waals surface area contributed by atoms with Crippen molar-refractivity contribution in [2.75, 3.05) is 24.4 Å². The highest BCUT2D eigenvalue weighted by Crippen LogP contribution is 2.24. The Balaban J connectivity index is 1.44. The minimum atomic E-state index is -0.632. The van der Waals surface area contributed by atoms with Crippen LogP contribution in [0.1, 0.15) is 44.7 Å². The molecule has 2 amide bonds. The molecular formula is C28H28N2O6. The topological polar surface area (TPSA) is 111 Å². The van der Waals surface area contributed by atoms with Crippen molar-refractivity contribution in [3.8, 4) is 5.75 Å². The van der Waals surface area contributed by atoms with Gasteiger partial charge in [0.15, 0.2) is 12.4 Å². The normalized spacial score (nSPS) is 10.3. The fraction of sp³-hybridized carbons (Fsp3) is 0.214. The number of amides is 2. The van der Waals surface area contributed by atoms with Gasteiger partial charge in [-0.15, -0.1) is 0 Å². The number of carbonyl (C=O) groups is 4. The molecule has 0 bridgehead atoms. The molecule has 0 spiro atoms. The number of hydrogen-bond acceptors (Lipinski definition) is 6. The molecule has 36 heavy (non-hydrogen) atoms. The zero-order chi connectivity index (χ0) is 26.1. The quantitative estimate of drug-likeness (QED) is 0.316. The minimum Gasteiger partial charge on any atom is -0.495 e. The van der Waals surface area contributed by atoms with E-state index in [9.17, 15) is 19.2 Å². The number of ketones is 1. The second-order valence-electron chi connectivity index (χ2n) is 8.18. The molecule has 3 rings (SSSR count). The molecule has 0 saturated carbocycles. The number of methoxy groups -OCH3 is 1. The van der Waals surface area contributed by atoms with E-state index in [2.05, 4.69) is 10.6 Å². The molecular weight excluding hydrogens is 460 g/mol. The van der Waals surface area contributed by atoms with Gasteiger partial charge in [0, 0.05) is 23.2 Å². The van der Waals surface area contributed by atoms with Gasteiger partial charge in [-0.3, -0.25) is 19.2 Å². The van der Waals surface area contributed by atoms with Gasteiger partial charge >= 0.3 is 5.97 Å². The number of hydrogen-bond donors (Lipinski definition) is 2. The number of anilines is 2. The number of Topliss-reactive ketones (excluding diaryl/α,β-unsaturated/α-hetero) is 1. The van der Waals surface area contributed by atoms with Crippen LogP contribution < -0.4 is 15.4 Å². The van der Waals surface area contributed by atoms with E-state index in [1.165, 1.54) is 7.11 Å². The van der Waals surface area contributed by atoms with Gasteiger partial charge in [-0.2, -0.15) is 0 Å². The molecule has 0 unspecified atom stereocenters. The van der Waals surface area contributed by atoms with E-state index in [4.69, 9.17) is 9.47 Å². The van der Waals surface area contributed by atoms with E-state index in [1.807, 2.05) is 26.0 Å². The average molecular weight is 489 g/mol. The molecule has 3 aromatic rings. The van der Waals surface area contributed by atoms with Crippen LogP contribution in [0.25, 0.3) is 0 Å². The first-order chi connectivity index (χ1) is 17.3. The fourth-order valence-corrected chi connectivity index (χ4v) is 3.45. The molecule has 0 atom stereocenters. The van der Waals surface area contributed by atoms with E-state index < -0.39 is 18.5 Å². The molecule has 0 saturated heterocycles. The second kappa shape index (κ2) is 12.3. The van der Waals surface area contributed by atoms with Crippen molar-refractivity contribution >= 4 is 34.9 Å². The smallest absolute Gasteiger partial charge is 0.306 e. The van der Waals surface area contributed by atoms with Crippen molar-refractivity contribution in [2.45, 2.75) is 26.7 Å². The summed E-state index contributed by atoms with van der Waals surface area (Å²) < 4.78 is 10.2. The lowest BCUT2D eigenvalue weighted by molar-refractivity contribution is -0.147. The Morgan fingerprint density at radius 1 is 0.833 bits per heavy atom. The van der Waals surface area contributed by atoms with Crippen LogP contribution in [0.2, 0.25) is 0 Å². The lowest BCUT2D eigenvalue weighted by atomic mass is 9.99. The molecule has 186 valence electrons. The number of rotatable bonds is 10. The van der Waals surface area contributed by atoms with Crippen LogP contribution in [0.15, 0.2) is 66.7 Å². The first-order valence-corrected chi connectivity index (χ1v) is 11.4. The van der Waals surface area contributed by atoms with Crippen molar-refractivity contribution in [3.63, 3.8) is 0 Å². The number of esters is 1. The number of aryl methyl sites for hydroxylation is 2. The average Bonchev–Trinajstić information content (AvgIpc) is 2.88. The molecule has 0 heterocycles. The zero-order valence-corrected chi connectivity index (χ0v) is 20.4. The van der Waals surface area contributed by atoms with Crippen molar-refractivity contribution in [1.29, 1.82) is 0 Å². The van der Waals surface area contributed by atoms with E-state index >= 15 is 0 Å².